The van der Waals surface area contributed by atoms with Crippen LogP contribution in [-0.4, -0.2) is 67.6 Å². The highest BCUT2D eigenvalue weighted by molar-refractivity contribution is 7.18. The number of rotatable bonds is 9. The van der Waals surface area contributed by atoms with E-state index < -0.39 is 41.2 Å². The van der Waals surface area contributed by atoms with Gasteiger partial charge in [0.05, 0.1) is 27.1 Å². The standard InChI is InChI=1S/C27H32ClF3N4O4S/c1-26(2,3)15-35(16-4-5-16)20(13-32-25(38)21-8-9-22(28)40-21)24(37)33-19-7-6-17(12-18(19)27(29,30)31)34-10-11-39-14-23(34)36/h6-9,12,16,20H,4-5,10-11,13-15H2,1-3H3,(H,32,38)(H,33,37)/t20-/m0/s1. The van der Waals surface area contributed by atoms with Crippen LogP contribution in [-0.2, 0) is 20.5 Å². The number of carbonyl (C=O) groups is 3. The predicted molar refractivity (Wildman–Crippen MR) is 148 cm³/mol. The Labute approximate surface area is 239 Å². The number of nitrogens with one attached hydrogen (secondary N) is 2. The van der Waals surface area contributed by atoms with Crippen LogP contribution in [0.4, 0.5) is 24.5 Å². The Morgan fingerprint density at radius 1 is 1.20 bits per heavy atom. The molecule has 2 heterocycles. The number of morpholine rings is 1. The highest BCUT2D eigenvalue weighted by Gasteiger charge is 2.41. The first-order valence-corrected chi connectivity index (χ1v) is 14.1. The molecule has 1 aromatic heterocycles. The molecule has 1 atom stereocenters. The lowest BCUT2D eigenvalue weighted by molar-refractivity contribution is -0.137. The molecule has 8 nitrogen and oxygen atoms in total. The molecule has 2 aromatic rings. The molecule has 0 bridgehead atoms. The van der Waals surface area contributed by atoms with E-state index in [1.54, 1.807) is 12.1 Å². The number of alkyl halides is 3. The lowest BCUT2D eigenvalue weighted by Gasteiger charge is -2.36. The highest BCUT2D eigenvalue weighted by atomic mass is 35.5. The molecule has 1 aromatic carbocycles. The molecule has 3 amide bonds. The molecule has 1 aliphatic heterocycles. The summed E-state index contributed by atoms with van der Waals surface area (Å²) in [4.78, 5) is 42.2. The molecule has 2 fully saturated rings. The van der Waals surface area contributed by atoms with E-state index in [9.17, 15) is 27.6 Å². The van der Waals surface area contributed by atoms with Gasteiger partial charge in [-0.2, -0.15) is 13.2 Å². The summed E-state index contributed by atoms with van der Waals surface area (Å²) >= 11 is 7.04. The van der Waals surface area contributed by atoms with Crippen molar-refractivity contribution in [1.82, 2.24) is 10.2 Å². The molecule has 1 saturated heterocycles. The van der Waals surface area contributed by atoms with Gasteiger partial charge in [0.2, 0.25) is 5.91 Å². The summed E-state index contributed by atoms with van der Waals surface area (Å²) in [7, 11) is 0. The van der Waals surface area contributed by atoms with Crippen LogP contribution in [0.5, 0.6) is 0 Å². The number of thiophene rings is 1. The maximum Gasteiger partial charge on any atom is 0.418 e. The molecule has 4 rings (SSSR count). The van der Waals surface area contributed by atoms with Crippen LogP contribution >= 0.6 is 22.9 Å². The molecule has 0 radical (unpaired) electrons. The van der Waals surface area contributed by atoms with Gasteiger partial charge in [-0.05, 0) is 48.6 Å². The zero-order valence-corrected chi connectivity index (χ0v) is 24.0. The largest absolute Gasteiger partial charge is 0.418 e. The number of anilines is 2. The van der Waals surface area contributed by atoms with Crippen LogP contribution in [0.15, 0.2) is 30.3 Å². The number of hydrogen-bond acceptors (Lipinski definition) is 6. The maximum absolute atomic E-state index is 14.2. The van der Waals surface area contributed by atoms with Crippen LogP contribution in [0.25, 0.3) is 0 Å². The first-order chi connectivity index (χ1) is 18.7. The van der Waals surface area contributed by atoms with E-state index in [1.807, 2.05) is 25.7 Å². The zero-order valence-electron chi connectivity index (χ0n) is 22.4. The molecule has 0 spiro atoms. The number of amides is 3. The van der Waals surface area contributed by atoms with Crippen molar-refractivity contribution in [1.29, 1.82) is 0 Å². The Morgan fingerprint density at radius 3 is 2.50 bits per heavy atom. The Morgan fingerprint density at radius 2 is 1.93 bits per heavy atom. The average molecular weight is 601 g/mol. The highest BCUT2D eigenvalue weighted by Crippen LogP contribution is 2.38. The van der Waals surface area contributed by atoms with E-state index in [0.717, 1.165) is 36.3 Å². The summed E-state index contributed by atoms with van der Waals surface area (Å²) in [5.74, 6) is -1.53. The molecule has 1 aliphatic carbocycles. The molecule has 218 valence electrons. The summed E-state index contributed by atoms with van der Waals surface area (Å²) in [5, 5.41) is 5.24. The number of halogens is 4. The third-order valence-corrected chi connectivity index (χ3v) is 7.72. The molecular formula is C27H32ClF3N4O4S. The van der Waals surface area contributed by atoms with Crippen molar-refractivity contribution in [3.05, 3.63) is 45.1 Å². The van der Waals surface area contributed by atoms with Crippen LogP contribution in [0, 0.1) is 5.41 Å². The first kappa shape index (κ1) is 30.3. The van der Waals surface area contributed by atoms with E-state index in [-0.39, 0.29) is 43.4 Å². The number of carbonyl (C=O) groups excluding carboxylic acids is 3. The predicted octanol–water partition coefficient (Wildman–Crippen LogP) is 5.03. The number of nitrogens with zero attached hydrogens (tertiary/aromatic N) is 2. The van der Waals surface area contributed by atoms with E-state index in [2.05, 4.69) is 10.6 Å². The van der Waals surface area contributed by atoms with Gasteiger partial charge in [-0.3, -0.25) is 19.3 Å². The minimum Gasteiger partial charge on any atom is -0.370 e. The van der Waals surface area contributed by atoms with Crippen molar-refractivity contribution in [2.45, 2.75) is 51.9 Å². The fourth-order valence-electron chi connectivity index (χ4n) is 4.57. The Kier molecular flexibility index (Phi) is 9.13. The number of ether oxygens (including phenoxy) is 1. The fourth-order valence-corrected chi connectivity index (χ4v) is 5.53. The summed E-state index contributed by atoms with van der Waals surface area (Å²) in [6, 6.07) is 5.72. The van der Waals surface area contributed by atoms with Crippen molar-refractivity contribution in [3.8, 4) is 0 Å². The van der Waals surface area contributed by atoms with Crippen molar-refractivity contribution < 1.29 is 32.3 Å². The van der Waals surface area contributed by atoms with Crippen molar-refractivity contribution in [2.75, 3.05) is 43.1 Å². The SMILES string of the molecule is CC(C)(C)CN(C1CC1)[C@@H](CNC(=O)c1ccc(Cl)s1)C(=O)Nc1ccc(N2CCOCC2=O)cc1C(F)(F)F. The third-order valence-electron chi connectivity index (χ3n) is 6.49. The van der Waals surface area contributed by atoms with Crippen LogP contribution in [0.2, 0.25) is 4.34 Å². The maximum atomic E-state index is 14.2. The van der Waals surface area contributed by atoms with E-state index >= 15 is 0 Å². The molecule has 2 aliphatic rings. The topological polar surface area (TPSA) is 91.0 Å². The van der Waals surface area contributed by atoms with Gasteiger partial charge in [0.15, 0.2) is 0 Å². The quantitative estimate of drug-likeness (QED) is 0.421. The van der Waals surface area contributed by atoms with Crippen LogP contribution in [0.1, 0.15) is 48.8 Å². The molecule has 2 N–H and O–H groups in total. The summed E-state index contributed by atoms with van der Waals surface area (Å²) in [6.07, 6.45) is -3.09. The van der Waals surface area contributed by atoms with Gasteiger partial charge in [-0.15, -0.1) is 11.3 Å². The second-order valence-corrected chi connectivity index (χ2v) is 12.8. The second-order valence-electron chi connectivity index (χ2n) is 11.1. The summed E-state index contributed by atoms with van der Waals surface area (Å²) in [5.41, 5.74) is -1.63. The van der Waals surface area contributed by atoms with Gasteiger partial charge >= 0.3 is 6.18 Å². The normalized spacial score (nSPS) is 17.2. The lowest BCUT2D eigenvalue weighted by Crippen LogP contribution is -2.53. The minimum atomic E-state index is -4.79. The monoisotopic (exact) mass is 600 g/mol. The average Bonchev–Trinajstić information content (AvgIpc) is 3.62. The van der Waals surface area contributed by atoms with E-state index in [4.69, 9.17) is 16.3 Å². The van der Waals surface area contributed by atoms with Gasteiger partial charge in [0.25, 0.3) is 11.8 Å². The van der Waals surface area contributed by atoms with Gasteiger partial charge in [0.1, 0.15) is 12.6 Å². The van der Waals surface area contributed by atoms with Crippen molar-refractivity contribution >= 4 is 52.0 Å². The molecule has 13 heteroatoms. The Bertz CT molecular complexity index is 1260. The third kappa shape index (κ3) is 7.74. The summed E-state index contributed by atoms with van der Waals surface area (Å²) < 4.78 is 48.0. The molecular weight excluding hydrogens is 569 g/mol. The van der Waals surface area contributed by atoms with Crippen molar-refractivity contribution in [3.63, 3.8) is 0 Å². The lowest BCUT2D eigenvalue weighted by atomic mass is 9.94. The second kappa shape index (κ2) is 12.1. The van der Waals surface area contributed by atoms with E-state index in [0.29, 0.717) is 15.8 Å². The zero-order chi connectivity index (χ0) is 29.2. The fraction of sp³-hybridized carbons (Fsp3) is 0.519. The van der Waals surface area contributed by atoms with Crippen LogP contribution < -0.4 is 15.5 Å². The molecule has 0 unspecified atom stereocenters. The first-order valence-electron chi connectivity index (χ1n) is 12.9. The van der Waals surface area contributed by atoms with Crippen molar-refractivity contribution in [2.24, 2.45) is 5.41 Å². The Hall–Kier alpha value is -2.67. The van der Waals surface area contributed by atoms with Gasteiger partial charge in [-0.25, -0.2) is 0 Å². The summed E-state index contributed by atoms with van der Waals surface area (Å²) in [6.45, 7) is 6.55. The molecule has 1 saturated carbocycles. The van der Waals surface area contributed by atoms with Gasteiger partial charge < -0.3 is 20.3 Å². The molecule has 40 heavy (non-hydrogen) atoms. The van der Waals surface area contributed by atoms with Crippen LogP contribution in [0.3, 0.4) is 0 Å². The smallest absolute Gasteiger partial charge is 0.370 e. The van der Waals surface area contributed by atoms with Gasteiger partial charge in [0, 0.05) is 31.4 Å². The Balaban J connectivity index is 1.61. The number of benzene rings is 1. The van der Waals surface area contributed by atoms with E-state index in [1.165, 1.54) is 11.0 Å². The number of hydrogen-bond donors (Lipinski definition) is 2. The van der Waals surface area contributed by atoms with Gasteiger partial charge in [-0.1, -0.05) is 32.4 Å². The minimum absolute atomic E-state index is 0.0735.